The molecule has 19 heavy (non-hydrogen) atoms. The van der Waals surface area contributed by atoms with E-state index < -0.39 is 0 Å². The number of hydrogen-bond acceptors (Lipinski definition) is 1. The lowest BCUT2D eigenvalue weighted by Crippen LogP contribution is -2.30. The summed E-state index contributed by atoms with van der Waals surface area (Å²) in [6.45, 7) is 9.16. The predicted octanol–water partition coefficient (Wildman–Crippen LogP) is 5.04. The summed E-state index contributed by atoms with van der Waals surface area (Å²) in [4.78, 5) is 0. The van der Waals surface area contributed by atoms with Crippen LogP contribution >= 0.6 is 15.9 Å². The van der Waals surface area contributed by atoms with E-state index in [0.717, 1.165) is 24.9 Å². The van der Waals surface area contributed by atoms with Gasteiger partial charge in [-0.05, 0) is 55.5 Å². The SMILES string of the molecule is CCCNCC(Cc1ccc(Br)cc1)C(CC)CC. The molecule has 0 aromatic heterocycles. The van der Waals surface area contributed by atoms with Crippen molar-refractivity contribution in [2.24, 2.45) is 11.8 Å². The van der Waals surface area contributed by atoms with Gasteiger partial charge in [0.1, 0.15) is 0 Å². The first kappa shape index (κ1) is 16.7. The van der Waals surface area contributed by atoms with E-state index in [2.05, 4.69) is 66.3 Å². The molecule has 1 aromatic rings. The van der Waals surface area contributed by atoms with Crippen LogP contribution in [0.5, 0.6) is 0 Å². The van der Waals surface area contributed by atoms with Gasteiger partial charge in [-0.3, -0.25) is 0 Å². The lowest BCUT2D eigenvalue weighted by Gasteiger charge is -2.26. The van der Waals surface area contributed by atoms with Crippen LogP contribution in [0.3, 0.4) is 0 Å². The van der Waals surface area contributed by atoms with Crippen molar-refractivity contribution < 1.29 is 0 Å². The summed E-state index contributed by atoms with van der Waals surface area (Å²) in [7, 11) is 0. The van der Waals surface area contributed by atoms with E-state index in [-0.39, 0.29) is 0 Å². The van der Waals surface area contributed by atoms with E-state index in [0.29, 0.717) is 0 Å². The number of hydrogen-bond donors (Lipinski definition) is 1. The van der Waals surface area contributed by atoms with Gasteiger partial charge in [-0.25, -0.2) is 0 Å². The maximum absolute atomic E-state index is 3.61. The fourth-order valence-electron chi connectivity index (χ4n) is 2.75. The zero-order chi connectivity index (χ0) is 14.1. The highest BCUT2D eigenvalue weighted by molar-refractivity contribution is 9.10. The van der Waals surface area contributed by atoms with E-state index in [1.54, 1.807) is 0 Å². The topological polar surface area (TPSA) is 12.0 Å². The Labute approximate surface area is 127 Å². The Hall–Kier alpha value is -0.340. The smallest absolute Gasteiger partial charge is 0.0175 e. The quantitative estimate of drug-likeness (QED) is 0.627. The summed E-state index contributed by atoms with van der Waals surface area (Å²) in [5, 5.41) is 3.61. The fraction of sp³-hybridized carbons (Fsp3) is 0.647. The van der Waals surface area contributed by atoms with Gasteiger partial charge in [-0.15, -0.1) is 0 Å². The highest BCUT2D eigenvalue weighted by Gasteiger charge is 2.18. The predicted molar refractivity (Wildman–Crippen MR) is 88.6 cm³/mol. The number of nitrogens with one attached hydrogen (secondary N) is 1. The summed E-state index contributed by atoms with van der Waals surface area (Å²) in [5.41, 5.74) is 1.46. The van der Waals surface area contributed by atoms with Crippen LogP contribution in [-0.4, -0.2) is 13.1 Å². The zero-order valence-electron chi connectivity index (χ0n) is 12.6. The van der Waals surface area contributed by atoms with Crippen molar-refractivity contribution in [1.29, 1.82) is 0 Å². The molecule has 0 aliphatic rings. The van der Waals surface area contributed by atoms with E-state index in [4.69, 9.17) is 0 Å². The van der Waals surface area contributed by atoms with Gasteiger partial charge in [-0.1, -0.05) is 61.7 Å². The molecule has 2 heteroatoms. The van der Waals surface area contributed by atoms with Crippen molar-refractivity contribution in [2.75, 3.05) is 13.1 Å². The third kappa shape index (κ3) is 6.09. The Morgan fingerprint density at radius 3 is 2.16 bits per heavy atom. The Morgan fingerprint density at radius 2 is 1.63 bits per heavy atom. The van der Waals surface area contributed by atoms with Crippen LogP contribution in [0.4, 0.5) is 0 Å². The zero-order valence-corrected chi connectivity index (χ0v) is 14.2. The van der Waals surface area contributed by atoms with Crippen LogP contribution in [0.15, 0.2) is 28.7 Å². The molecular formula is C17H28BrN. The van der Waals surface area contributed by atoms with Crippen LogP contribution in [0, 0.1) is 11.8 Å². The van der Waals surface area contributed by atoms with E-state index in [1.165, 1.54) is 35.7 Å². The molecule has 0 amide bonds. The summed E-state index contributed by atoms with van der Waals surface area (Å²) in [6.07, 6.45) is 4.97. The average Bonchev–Trinajstić information content (AvgIpc) is 2.42. The minimum atomic E-state index is 0.753. The second kappa shape index (κ2) is 9.55. The second-order valence-electron chi connectivity index (χ2n) is 5.37. The van der Waals surface area contributed by atoms with Crippen molar-refractivity contribution in [2.45, 2.75) is 46.5 Å². The molecule has 0 bridgehead atoms. The molecule has 0 saturated heterocycles. The Kier molecular flexibility index (Phi) is 8.40. The van der Waals surface area contributed by atoms with Gasteiger partial charge in [0.05, 0.1) is 0 Å². The second-order valence-corrected chi connectivity index (χ2v) is 6.29. The first-order valence-corrected chi connectivity index (χ1v) is 8.45. The molecule has 0 saturated carbocycles. The van der Waals surface area contributed by atoms with Crippen LogP contribution in [0.2, 0.25) is 0 Å². The Morgan fingerprint density at radius 1 is 1.00 bits per heavy atom. The molecule has 1 nitrogen and oxygen atoms in total. The van der Waals surface area contributed by atoms with Crippen LogP contribution in [-0.2, 0) is 6.42 Å². The van der Waals surface area contributed by atoms with Gasteiger partial charge >= 0.3 is 0 Å². The molecule has 0 spiro atoms. The normalized spacial score (nSPS) is 12.9. The highest BCUT2D eigenvalue weighted by atomic mass is 79.9. The van der Waals surface area contributed by atoms with Crippen molar-refractivity contribution >= 4 is 15.9 Å². The third-order valence-electron chi connectivity index (χ3n) is 3.96. The van der Waals surface area contributed by atoms with Gasteiger partial charge in [0.2, 0.25) is 0 Å². The molecule has 0 radical (unpaired) electrons. The molecule has 1 aromatic carbocycles. The molecule has 0 aliphatic carbocycles. The van der Waals surface area contributed by atoms with E-state index in [1.807, 2.05) is 0 Å². The largest absolute Gasteiger partial charge is 0.316 e. The lowest BCUT2D eigenvalue weighted by atomic mass is 9.83. The first-order valence-electron chi connectivity index (χ1n) is 7.66. The van der Waals surface area contributed by atoms with Crippen LogP contribution < -0.4 is 5.32 Å². The Bertz CT molecular complexity index is 330. The van der Waals surface area contributed by atoms with Crippen LogP contribution in [0.1, 0.15) is 45.6 Å². The molecule has 0 fully saturated rings. The van der Waals surface area contributed by atoms with E-state index >= 15 is 0 Å². The fourth-order valence-corrected chi connectivity index (χ4v) is 3.01. The average molecular weight is 326 g/mol. The van der Waals surface area contributed by atoms with Crippen molar-refractivity contribution in [1.82, 2.24) is 5.32 Å². The Balaban J connectivity index is 2.63. The standard InChI is InChI=1S/C17H28BrN/c1-4-11-19-13-16(15(5-2)6-3)12-14-7-9-17(18)10-8-14/h7-10,15-16,19H,4-6,11-13H2,1-3H3. The maximum Gasteiger partial charge on any atom is 0.0175 e. The molecule has 108 valence electrons. The minimum absolute atomic E-state index is 0.753. The number of benzene rings is 1. The maximum atomic E-state index is 3.61. The summed E-state index contributed by atoms with van der Waals surface area (Å²) >= 11 is 3.51. The molecule has 1 N–H and O–H groups in total. The minimum Gasteiger partial charge on any atom is -0.316 e. The molecule has 0 aliphatic heterocycles. The monoisotopic (exact) mass is 325 g/mol. The van der Waals surface area contributed by atoms with E-state index in [9.17, 15) is 0 Å². The molecule has 1 atom stereocenters. The number of rotatable bonds is 9. The van der Waals surface area contributed by atoms with Gasteiger partial charge in [0.15, 0.2) is 0 Å². The van der Waals surface area contributed by atoms with Gasteiger partial charge in [-0.2, -0.15) is 0 Å². The highest BCUT2D eigenvalue weighted by Crippen LogP contribution is 2.24. The number of halogens is 1. The van der Waals surface area contributed by atoms with Gasteiger partial charge in [0.25, 0.3) is 0 Å². The summed E-state index contributed by atoms with van der Waals surface area (Å²) in [5.74, 6) is 1.58. The summed E-state index contributed by atoms with van der Waals surface area (Å²) in [6, 6.07) is 8.80. The van der Waals surface area contributed by atoms with Crippen molar-refractivity contribution in [3.63, 3.8) is 0 Å². The lowest BCUT2D eigenvalue weighted by molar-refractivity contribution is 0.298. The molecule has 1 unspecified atom stereocenters. The van der Waals surface area contributed by atoms with Crippen LogP contribution in [0.25, 0.3) is 0 Å². The summed E-state index contributed by atoms with van der Waals surface area (Å²) < 4.78 is 1.17. The molecule has 0 heterocycles. The molecule has 1 rings (SSSR count). The molecular weight excluding hydrogens is 298 g/mol. The van der Waals surface area contributed by atoms with Crippen molar-refractivity contribution in [3.05, 3.63) is 34.3 Å². The first-order chi connectivity index (χ1) is 9.21. The van der Waals surface area contributed by atoms with Crippen molar-refractivity contribution in [3.8, 4) is 0 Å². The van der Waals surface area contributed by atoms with Gasteiger partial charge in [0, 0.05) is 4.47 Å². The third-order valence-corrected chi connectivity index (χ3v) is 4.49. The van der Waals surface area contributed by atoms with Gasteiger partial charge < -0.3 is 5.32 Å².